The van der Waals surface area contributed by atoms with Gasteiger partial charge in [-0.25, -0.2) is 0 Å². The number of rotatable bonds is 0. The lowest BCUT2D eigenvalue weighted by atomic mass is 9.57. The average Bonchev–Trinajstić information content (AvgIpc) is 3.05. The van der Waals surface area contributed by atoms with Crippen molar-refractivity contribution in [2.45, 2.75) is 52.1 Å². The molecule has 4 saturated carbocycles. The topological polar surface area (TPSA) is 26.3 Å². The monoisotopic (exact) mass is 260 g/mol. The van der Waals surface area contributed by atoms with Crippen LogP contribution in [0.3, 0.4) is 0 Å². The number of carbonyl (C=O) groups excluding carboxylic acids is 1. The third-order valence-electron chi connectivity index (χ3n) is 8.00. The van der Waals surface area contributed by atoms with Crippen LogP contribution in [0.2, 0.25) is 0 Å². The Kier molecular flexibility index (Phi) is 1.88. The molecule has 1 spiro atoms. The van der Waals surface area contributed by atoms with E-state index in [9.17, 15) is 4.79 Å². The van der Waals surface area contributed by atoms with Crippen molar-refractivity contribution in [2.24, 2.45) is 46.8 Å². The van der Waals surface area contributed by atoms with Crippen LogP contribution in [-0.4, -0.2) is 12.1 Å². The zero-order valence-electron chi connectivity index (χ0n) is 12.0. The van der Waals surface area contributed by atoms with Gasteiger partial charge in [-0.1, -0.05) is 6.92 Å². The van der Waals surface area contributed by atoms with Crippen molar-refractivity contribution in [1.29, 1.82) is 0 Å². The zero-order valence-corrected chi connectivity index (χ0v) is 12.0. The highest BCUT2D eigenvalue weighted by Crippen LogP contribution is 2.74. The predicted octanol–water partition coefficient (Wildman–Crippen LogP) is 3.26. The lowest BCUT2D eigenvalue weighted by Gasteiger charge is -2.46. The van der Waals surface area contributed by atoms with Gasteiger partial charge in [-0.2, -0.15) is 0 Å². The molecule has 0 aromatic rings. The molecule has 0 aromatic heterocycles. The van der Waals surface area contributed by atoms with Gasteiger partial charge in [0.15, 0.2) is 0 Å². The predicted molar refractivity (Wildman–Crippen MR) is 71.2 cm³/mol. The summed E-state index contributed by atoms with van der Waals surface area (Å²) in [7, 11) is 0. The Bertz CT molecular complexity index is 458. The molecule has 4 aliphatic carbocycles. The van der Waals surface area contributed by atoms with Gasteiger partial charge in [0, 0.05) is 5.41 Å². The highest BCUT2D eigenvalue weighted by molar-refractivity contribution is 5.73. The molecule has 1 saturated heterocycles. The Morgan fingerprint density at radius 2 is 1.95 bits per heavy atom. The number of hydrogen-bond acceptors (Lipinski definition) is 2. The lowest BCUT2D eigenvalue weighted by molar-refractivity contribution is -0.141. The second-order valence-corrected chi connectivity index (χ2v) is 8.38. The summed E-state index contributed by atoms with van der Waals surface area (Å²) in [6.07, 6.45) is 6.62. The first-order valence-electron chi connectivity index (χ1n) is 8.29. The van der Waals surface area contributed by atoms with Crippen molar-refractivity contribution in [3.05, 3.63) is 0 Å². The molecule has 9 atom stereocenters. The van der Waals surface area contributed by atoms with E-state index in [1.54, 1.807) is 0 Å². The smallest absolute Gasteiger partial charge is 0.306 e. The van der Waals surface area contributed by atoms with Gasteiger partial charge in [0.1, 0.15) is 6.10 Å². The molecular weight excluding hydrogens is 236 g/mol. The molecule has 0 aromatic carbocycles. The quantitative estimate of drug-likeness (QED) is 0.493. The minimum absolute atomic E-state index is 0.0767. The van der Waals surface area contributed by atoms with Gasteiger partial charge >= 0.3 is 5.97 Å². The maximum atomic E-state index is 11.8. The SMILES string of the molecule is CC1CC2CC1C1C2C2CC1C1(CC(=O)OC1C)C2. The Hall–Kier alpha value is -0.530. The van der Waals surface area contributed by atoms with Crippen LogP contribution in [0.5, 0.6) is 0 Å². The van der Waals surface area contributed by atoms with E-state index in [4.69, 9.17) is 4.74 Å². The van der Waals surface area contributed by atoms with Crippen LogP contribution < -0.4 is 0 Å². The summed E-state index contributed by atoms with van der Waals surface area (Å²) in [5, 5.41) is 0. The van der Waals surface area contributed by atoms with Crippen molar-refractivity contribution in [2.75, 3.05) is 0 Å². The molecule has 2 heteroatoms. The maximum Gasteiger partial charge on any atom is 0.306 e. The van der Waals surface area contributed by atoms with E-state index < -0.39 is 0 Å². The summed E-state index contributed by atoms with van der Waals surface area (Å²) in [6, 6.07) is 0. The molecule has 0 amide bonds. The summed E-state index contributed by atoms with van der Waals surface area (Å²) < 4.78 is 5.57. The van der Waals surface area contributed by atoms with E-state index in [1.807, 2.05) is 0 Å². The number of fused-ring (bicyclic) bond motifs is 10. The summed E-state index contributed by atoms with van der Waals surface area (Å²) in [5.41, 5.74) is 0.243. The Balaban J connectivity index is 1.55. The minimum atomic E-state index is 0.0767. The molecule has 5 aliphatic rings. The Labute approximate surface area is 115 Å². The third kappa shape index (κ3) is 1.11. The van der Waals surface area contributed by atoms with Gasteiger partial charge in [0.25, 0.3) is 0 Å². The standard InChI is InChI=1S/C17H24O2/c1-8-3-10-4-12(8)16-13-5-11(15(10)16)6-17(13)7-14(18)19-9(17)2/h8-13,15-16H,3-7H2,1-2H3. The number of esters is 1. The van der Waals surface area contributed by atoms with Crippen LogP contribution in [0.15, 0.2) is 0 Å². The molecule has 104 valence electrons. The summed E-state index contributed by atoms with van der Waals surface area (Å²) >= 11 is 0. The van der Waals surface area contributed by atoms with Crippen LogP contribution in [0.4, 0.5) is 0 Å². The van der Waals surface area contributed by atoms with Gasteiger partial charge in [0.05, 0.1) is 6.42 Å². The first-order valence-corrected chi connectivity index (χ1v) is 8.29. The van der Waals surface area contributed by atoms with E-state index in [1.165, 1.54) is 25.7 Å². The van der Waals surface area contributed by atoms with Crippen LogP contribution in [0.1, 0.15) is 46.0 Å². The highest BCUT2D eigenvalue weighted by Gasteiger charge is 2.70. The second-order valence-electron chi connectivity index (χ2n) is 8.38. The van der Waals surface area contributed by atoms with Crippen molar-refractivity contribution in [3.63, 3.8) is 0 Å². The van der Waals surface area contributed by atoms with Crippen molar-refractivity contribution >= 4 is 5.97 Å². The largest absolute Gasteiger partial charge is 0.462 e. The van der Waals surface area contributed by atoms with E-state index in [0.29, 0.717) is 0 Å². The molecule has 0 N–H and O–H groups in total. The van der Waals surface area contributed by atoms with E-state index in [2.05, 4.69) is 13.8 Å². The normalized spacial score (nSPS) is 65.1. The fourth-order valence-corrected chi connectivity index (χ4v) is 7.60. The number of carbonyl (C=O) groups is 1. The summed E-state index contributed by atoms with van der Waals surface area (Å²) in [6.45, 7) is 4.64. The lowest BCUT2D eigenvalue weighted by Crippen LogP contribution is -2.44. The van der Waals surface area contributed by atoms with Gasteiger partial charge in [-0.3, -0.25) is 4.79 Å². The van der Waals surface area contributed by atoms with Gasteiger partial charge in [0.2, 0.25) is 0 Å². The fraction of sp³-hybridized carbons (Fsp3) is 0.941. The zero-order chi connectivity index (χ0) is 12.9. The van der Waals surface area contributed by atoms with Gasteiger partial charge in [-0.15, -0.1) is 0 Å². The van der Waals surface area contributed by atoms with Crippen LogP contribution >= 0.6 is 0 Å². The Morgan fingerprint density at radius 3 is 2.68 bits per heavy atom. The van der Waals surface area contributed by atoms with E-state index >= 15 is 0 Å². The summed E-state index contributed by atoms with van der Waals surface area (Å²) in [4.78, 5) is 11.8. The molecule has 9 unspecified atom stereocenters. The van der Waals surface area contributed by atoms with Crippen LogP contribution in [0.25, 0.3) is 0 Å². The van der Waals surface area contributed by atoms with Gasteiger partial charge in [-0.05, 0) is 74.0 Å². The minimum Gasteiger partial charge on any atom is -0.462 e. The molecule has 2 nitrogen and oxygen atoms in total. The number of ether oxygens (including phenoxy) is 1. The van der Waals surface area contributed by atoms with Gasteiger partial charge < -0.3 is 4.74 Å². The van der Waals surface area contributed by atoms with E-state index in [0.717, 1.165) is 47.8 Å². The number of cyclic esters (lactones) is 1. The highest BCUT2D eigenvalue weighted by atomic mass is 16.6. The van der Waals surface area contributed by atoms with Crippen molar-refractivity contribution in [1.82, 2.24) is 0 Å². The molecule has 1 aliphatic heterocycles. The first-order chi connectivity index (χ1) is 9.10. The summed E-state index contributed by atoms with van der Waals surface area (Å²) in [5.74, 6) is 6.74. The molecule has 4 bridgehead atoms. The fourth-order valence-electron chi connectivity index (χ4n) is 7.60. The third-order valence-corrected chi connectivity index (χ3v) is 8.00. The molecule has 1 heterocycles. The van der Waals surface area contributed by atoms with Crippen molar-refractivity contribution < 1.29 is 9.53 Å². The van der Waals surface area contributed by atoms with Crippen LogP contribution in [-0.2, 0) is 9.53 Å². The van der Waals surface area contributed by atoms with E-state index in [-0.39, 0.29) is 17.5 Å². The Morgan fingerprint density at radius 1 is 1.11 bits per heavy atom. The molecule has 5 rings (SSSR count). The first kappa shape index (κ1) is 11.2. The average molecular weight is 260 g/mol. The molecule has 0 radical (unpaired) electrons. The molecule has 5 fully saturated rings. The van der Waals surface area contributed by atoms with Crippen LogP contribution in [0, 0.1) is 46.8 Å². The maximum absolute atomic E-state index is 11.8. The van der Waals surface area contributed by atoms with Crippen molar-refractivity contribution in [3.8, 4) is 0 Å². The molecular formula is C17H24O2. The number of hydrogen-bond donors (Lipinski definition) is 0. The molecule has 19 heavy (non-hydrogen) atoms. The second kappa shape index (κ2) is 3.20.